The van der Waals surface area contributed by atoms with Gasteiger partial charge in [0.15, 0.2) is 0 Å². The second-order valence-corrected chi connectivity index (χ2v) is 6.71. The van der Waals surface area contributed by atoms with Crippen LogP contribution in [0.5, 0.6) is 0 Å². The zero-order valence-electron chi connectivity index (χ0n) is 14.4. The van der Waals surface area contributed by atoms with Gasteiger partial charge in [-0.1, -0.05) is 57.9 Å². The molecule has 2 N–H and O–H groups in total. The molecule has 1 aliphatic heterocycles. The highest BCUT2D eigenvalue weighted by Crippen LogP contribution is 2.28. The summed E-state index contributed by atoms with van der Waals surface area (Å²) >= 11 is 0. The molecule has 4 unspecified atom stereocenters. The average molecular weight is 312 g/mol. The lowest BCUT2D eigenvalue weighted by atomic mass is 10.0. The van der Waals surface area contributed by atoms with Gasteiger partial charge in [-0.2, -0.15) is 0 Å². The van der Waals surface area contributed by atoms with Gasteiger partial charge in [0, 0.05) is 6.42 Å². The molecule has 3 heteroatoms. The van der Waals surface area contributed by atoms with Crippen molar-refractivity contribution in [3.8, 4) is 0 Å². The predicted octanol–water partition coefficient (Wildman–Crippen LogP) is 4.36. The normalized spacial score (nSPS) is 26.2. The highest BCUT2D eigenvalue weighted by Gasteiger charge is 2.36. The summed E-state index contributed by atoms with van der Waals surface area (Å²) < 4.78 is 5.88. The molecular weight excluding hydrogens is 276 g/mol. The maximum absolute atomic E-state index is 10.2. The SMILES string of the molecule is C=CCCCCCCCC(O)C1CC(O)C(CCCCC)O1. The molecule has 1 saturated heterocycles. The van der Waals surface area contributed by atoms with E-state index in [0.717, 1.165) is 32.1 Å². The zero-order chi connectivity index (χ0) is 16.2. The highest BCUT2D eigenvalue weighted by atomic mass is 16.5. The van der Waals surface area contributed by atoms with Crippen LogP contribution < -0.4 is 0 Å². The van der Waals surface area contributed by atoms with Crippen LogP contribution in [0.4, 0.5) is 0 Å². The smallest absolute Gasteiger partial charge is 0.0864 e. The van der Waals surface area contributed by atoms with Crippen LogP contribution >= 0.6 is 0 Å². The van der Waals surface area contributed by atoms with Crippen LogP contribution in [0.1, 0.15) is 84.0 Å². The van der Waals surface area contributed by atoms with Crippen molar-refractivity contribution in [3.63, 3.8) is 0 Å². The van der Waals surface area contributed by atoms with E-state index in [1.54, 1.807) is 0 Å². The molecule has 0 amide bonds. The molecule has 1 heterocycles. The highest BCUT2D eigenvalue weighted by molar-refractivity contribution is 4.85. The predicted molar refractivity (Wildman–Crippen MR) is 91.9 cm³/mol. The summed E-state index contributed by atoms with van der Waals surface area (Å²) in [6.45, 7) is 5.91. The standard InChI is InChI=1S/C19H36O3/c1-3-5-7-8-9-10-12-13-16(20)19-15-17(21)18(22-19)14-11-6-4-2/h3,16-21H,1,4-15H2,2H3. The van der Waals surface area contributed by atoms with E-state index >= 15 is 0 Å². The summed E-state index contributed by atoms with van der Waals surface area (Å²) in [6.07, 6.45) is 13.7. The van der Waals surface area contributed by atoms with E-state index in [-0.39, 0.29) is 12.2 Å². The molecule has 0 radical (unpaired) electrons. The number of aliphatic hydroxyl groups is 2. The molecule has 0 aliphatic carbocycles. The Morgan fingerprint density at radius 1 is 1.14 bits per heavy atom. The third kappa shape index (κ3) is 7.75. The first-order valence-electron chi connectivity index (χ1n) is 9.31. The third-order valence-electron chi connectivity index (χ3n) is 4.68. The van der Waals surface area contributed by atoms with E-state index in [1.807, 2.05) is 6.08 Å². The Morgan fingerprint density at radius 3 is 2.59 bits per heavy atom. The van der Waals surface area contributed by atoms with Crippen molar-refractivity contribution in [1.82, 2.24) is 0 Å². The van der Waals surface area contributed by atoms with Gasteiger partial charge in [-0.05, 0) is 25.7 Å². The summed E-state index contributed by atoms with van der Waals surface area (Å²) in [6, 6.07) is 0. The average Bonchev–Trinajstić information content (AvgIpc) is 2.88. The van der Waals surface area contributed by atoms with Crippen molar-refractivity contribution < 1.29 is 14.9 Å². The fraction of sp³-hybridized carbons (Fsp3) is 0.895. The van der Waals surface area contributed by atoms with Crippen molar-refractivity contribution in [1.29, 1.82) is 0 Å². The quantitative estimate of drug-likeness (QED) is 0.392. The van der Waals surface area contributed by atoms with Gasteiger partial charge < -0.3 is 14.9 Å². The van der Waals surface area contributed by atoms with Gasteiger partial charge in [0.1, 0.15) is 0 Å². The molecule has 1 aliphatic rings. The number of aliphatic hydroxyl groups excluding tert-OH is 2. The van der Waals surface area contributed by atoms with Gasteiger partial charge >= 0.3 is 0 Å². The van der Waals surface area contributed by atoms with Crippen LogP contribution in [0.3, 0.4) is 0 Å². The molecule has 0 aromatic carbocycles. The van der Waals surface area contributed by atoms with Crippen molar-refractivity contribution in [2.45, 2.75) is 108 Å². The van der Waals surface area contributed by atoms with Gasteiger partial charge in [0.25, 0.3) is 0 Å². The lowest BCUT2D eigenvalue weighted by Gasteiger charge is -2.19. The first kappa shape index (κ1) is 19.7. The van der Waals surface area contributed by atoms with E-state index in [4.69, 9.17) is 4.74 Å². The number of rotatable bonds is 13. The number of allylic oxidation sites excluding steroid dienone is 1. The van der Waals surface area contributed by atoms with E-state index in [2.05, 4.69) is 13.5 Å². The minimum atomic E-state index is -0.418. The van der Waals surface area contributed by atoms with Gasteiger partial charge in [-0.3, -0.25) is 0 Å². The largest absolute Gasteiger partial charge is 0.390 e. The van der Waals surface area contributed by atoms with Crippen molar-refractivity contribution in [2.75, 3.05) is 0 Å². The maximum Gasteiger partial charge on any atom is 0.0864 e. The zero-order valence-corrected chi connectivity index (χ0v) is 14.4. The van der Waals surface area contributed by atoms with Gasteiger partial charge in [-0.15, -0.1) is 6.58 Å². The molecule has 1 rings (SSSR count). The van der Waals surface area contributed by atoms with E-state index < -0.39 is 12.2 Å². The molecule has 0 aromatic rings. The summed E-state index contributed by atoms with van der Waals surface area (Å²) in [5, 5.41) is 20.3. The van der Waals surface area contributed by atoms with Crippen molar-refractivity contribution in [3.05, 3.63) is 12.7 Å². The fourth-order valence-electron chi connectivity index (χ4n) is 3.22. The van der Waals surface area contributed by atoms with Gasteiger partial charge in [0.2, 0.25) is 0 Å². The van der Waals surface area contributed by atoms with Crippen molar-refractivity contribution in [2.24, 2.45) is 0 Å². The molecule has 0 spiro atoms. The molecule has 0 bridgehead atoms. The molecule has 3 nitrogen and oxygen atoms in total. The Balaban J connectivity index is 2.10. The summed E-state index contributed by atoms with van der Waals surface area (Å²) in [7, 11) is 0. The molecule has 130 valence electrons. The van der Waals surface area contributed by atoms with Gasteiger partial charge in [0.05, 0.1) is 24.4 Å². The number of unbranched alkanes of at least 4 members (excludes halogenated alkanes) is 7. The molecule has 4 atom stereocenters. The minimum Gasteiger partial charge on any atom is -0.390 e. The Hall–Kier alpha value is -0.380. The molecule has 0 saturated carbocycles. The number of ether oxygens (including phenoxy) is 1. The topological polar surface area (TPSA) is 49.7 Å². The molecule has 0 aromatic heterocycles. The van der Waals surface area contributed by atoms with Crippen LogP contribution in [0.15, 0.2) is 12.7 Å². The summed E-state index contributed by atoms with van der Waals surface area (Å²) in [4.78, 5) is 0. The van der Waals surface area contributed by atoms with E-state index in [1.165, 1.54) is 38.5 Å². The van der Waals surface area contributed by atoms with Crippen LogP contribution in [-0.4, -0.2) is 34.6 Å². The fourth-order valence-corrected chi connectivity index (χ4v) is 3.22. The summed E-state index contributed by atoms with van der Waals surface area (Å²) in [5.74, 6) is 0. The second kappa shape index (κ2) is 12.1. The number of hydrogen-bond acceptors (Lipinski definition) is 3. The Labute approximate surface area is 136 Å². The lowest BCUT2D eigenvalue weighted by Crippen LogP contribution is -2.26. The monoisotopic (exact) mass is 312 g/mol. The Bertz CT molecular complexity index is 280. The van der Waals surface area contributed by atoms with Crippen LogP contribution in [0.2, 0.25) is 0 Å². The summed E-state index contributed by atoms with van der Waals surface area (Å²) in [5.41, 5.74) is 0. The lowest BCUT2D eigenvalue weighted by molar-refractivity contribution is -0.0498. The first-order chi connectivity index (χ1) is 10.7. The van der Waals surface area contributed by atoms with Crippen LogP contribution in [0, 0.1) is 0 Å². The third-order valence-corrected chi connectivity index (χ3v) is 4.68. The molecule has 1 fully saturated rings. The molecule has 22 heavy (non-hydrogen) atoms. The second-order valence-electron chi connectivity index (χ2n) is 6.71. The Kier molecular flexibility index (Phi) is 10.8. The van der Waals surface area contributed by atoms with Crippen LogP contribution in [-0.2, 0) is 4.74 Å². The van der Waals surface area contributed by atoms with E-state index in [9.17, 15) is 10.2 Å². The first-order valence-corrected chi connectivity index (χ1v) is 9.31. The van der Waals surface area contributed by atoms with E-state index in [0.29, 0.717) is 6.42 Å². The Morgan fingerprint density at radius 2 is 1.86 bits per heavy atom. The minimum absolute atomic E-state index is 0.0647. The van der Waals surface area contributed by atoms with Gasteiger partial charge in [-0.25, -0.2) is 0 Å². The van der Waals surface area contributed by atoms with Crippen molar-refractivity contribution >= 4 is 0 Å². The number of hydrogen-bond donors (Lipinski definition) is 2. The maximum atomic E-state index is 10.2. The molecular formula is C19H36O3. The van der Waals surface area contributed by atoms with Crippen LogP contribution in [0.25, 0.3) is 0 Å².